The Labute approximate surface area is 220 Å². The molecular weight excluding hydrogens is 464 g/mol. The van der Waals surface area contributed by atoms with Crippen molar-refractivity contribution in [1.29, 1.82) is 0 Å². The van der Waals surface area contributed by atoms with Crippen molar-refractivity contribution in [2.75, 3.05) is 44.3 Å². The molecule has 7 heteroatoms. The van der Waals surface area contributed by atoms with Crippen LogP contribution in [0.5, 0.6) is 5.75 Å². The fourth-order valence-corrected chi connectivity index (χ4v) is 4.55. The molecule has 1 atom stereocenters. The summed E-state index contributed by atoms with van der Waals surface area (Å²) in [5.41, 5.74) is 2.88. The van der Waals surface area contributed by atoms with Crippen molar-refractivity contribution >= 4 is 11.7 Å². The molecule has 0 spiro atoms. The zero-order valence-corrected chi connectivity index (χ0v) is 21.7. The third kappa shape index (κ3) is 7.78. The number of carbonyl (C=O) groups is 1. The number of aliphatic hydroxyl groups is 1. The number of piperazine rings is 1. The van der Waals surface area contributed by atoms with Crippen LogP contribution in [0.3, 0.4) is 0 Å². The number of aromatic nitrogens is 1. The van der Waals surface area contributed by atoms with Crippen LogP contribution in [0.25, 0.3) is 0 Å². The predicted molar refractivity (Wildman–Crippen MR) is 147 cm³/mol. The first kappa shape index (κ1) is 26.6. The fourth-order valence-electron chi connectivity index (χ4n) is 4.55. The number of rotatable bonds is 12. The minimum Gasteiger partial charge on any atom is -0.494 e. The lowest BCUT2D eigenvalue weighted by Gasteiger charge is -2.36. The van der Waals surface area contributed by atoms with Crippen molar-refractivity contribution in [3.05, 3.63) is 89.6 Å². The summed E-state index contributed by atoms with van der Waals surface area (Å²) in [6, 6.07) is 21.5. The van der Waals surface area contributed by atoms with Crippen LogP contribution in [-0.4, -0.2) is 66.3 Å². The van der Waals surface area contributed by atoms with Crippen LogP contribution in [0.1, 0.15) is 41.3 Å². The van der Waals surface area contributed by atoms with Gasteiger partial charge in [0.25, 0.3) is 5.91 Å². The van der Waals surface area contributed by atoms with Gasteiger partial charge in [-0.3, -0.25) is 9.69 Å². The fraction of sp³-hybridized carbons (Fsp3) is 0.400. The molecule has 37 heavy (non-hydrogen) atoms. The van der Waals surface area contributed by atoms with E-state index in [1.165, 1.54) is 5.56 Å². The largest absolute Gasteiger partial charge is 0.494 e. The molecule has 1 saturated heterocycles. The third-order valence-electron chi connectivity index (χ3n) is 6.68. The molecule has 7 nitrogen and oxygen atoms in total. The summed E-state index contributed by atoms with van der Waals surface area (Å²) in [7, 11) is 0. The van der Waals surface area contributed by atoms with E-state index >= 15 is 0 Å². The van der Waals surface area contributed by atoms with Crippen molar-refractivity contribution in [3.63, 3.8) is 0 Å². The average molecular weight is 503 g/mol. The maximum atomic E-state index is 13.2. The molecule has 2 aromatic carbocycles. The number of nitrogens with zero attached hydrogens (tertiary/aromatic N) is 3. The summed E-state index contributed by atoms with van der Waals surface area (Å²) in [6.07, 6.45) is 4.51. The number of nitrogens with one attached hydrogen (secondary N) is 1. The van der Waals surface area contributed by atoms with E-state index in [1.54, 1.807) is 12.3 Å². The van der Waals surface area contributed by atoms with Gasteiger partial charge in [-0.2, -0.15) is 0 Å². The highest BCUT2D eigenvalue weighted by molar-refractivity contribution is 5.99. The highest BCUT2D eigenvalue weighted by atomic mass is 16.5. The first-order chi connectivity index (χ1) is 18.2. The second-order valence-electron chi connectivity index (χ2n) is 9.53. The maximum absolute atomic E-state index is 13.2. The van der Waals surface area contributed by atoms with Crippen LogP contribution in [-0.2, 0) is 13.0 Å². The Bertz CT molecular complexity index is 1100. The number of aliphatic hydroxyl groups excluding tert-OH is 1. The van der Waals surface area contributed by atoms with Crippen molar-refractivity contribution < 1.29 is 14.6 Å². The Balaban J connectivity index is 1.31. The SMILES string of the molecule is CCCCOc1ccc(CN2CCN(c3ncccc3C(=O)NC(CO)Cc3ccccc3)CC2)cc1. The van der Waals surface area contributed by atoms with Gasteiger partial charge in [-0.05, 0) is 48.2 Å². The molecule has 0 saturated carbocycles. The second kappa shape index (κ2) is 13.8. The molecule has 2 N–H and O–H groups in total. The number of anilines is 1. The number of carbonyl (C=O) groups excluding carboxylic acids is 1. The zero-order valence-electron chi connectivity index (χ0n) is 21.7. The minimum absolute atomic E-state index is 0.124. The molecule has 4 rings (SSSR count). The molecule has 1 aliphatic rings. The van der Waals surface area contributed by atoms with Crippen molar-refractivity contribution in [2.45, 2.75) is 38.8 Å². The molecule has 1 aromatic heterocycles. The Morgan fingerprint density at radius 3 is 2.46 bits per heavy atom. The van der Waals surface area contributed by atoms with Crippen molar-refractivity contribution in [3.8, 4) is 5.75 Å². The zero-order chi connectivity index (χ0) is 25.9. The van der Waals surface area contributed by atoms with Gasteiger partial charge in [0.05, 0.1) is 24.8 Å². The lowest BCUT2D eigenvalue weighted by molar-refractivity contribution is 0.0916. The number of hydrogen-bond donors (Lipinski definition) is 2. The van der Waals surface area contributed by atoms with Crippen molar-refractivity contribution in [1.82, 2.24) is 15.2 Å². The van der Waals surface area contributed by atoms with E-state index in [9.17, 15) is 9.90 Å². The second-order valence-corrected chi connectivity index (χ2v) is 9.53. The van der Waals surface area contributed by atoms with Gasteiger partial charge in [0, 0.05) is 38.9 Å². The van der Waals surface area contributed by atoms with Crippen LogP contribution >= 0.6 is 0 Å². The number of unbranched alkanes of at least 4 members (excludes halogenated alkanes) is 1. The molecule has 3 aromatic rings. The summed E-state index contributed by atoms with van der Waals surface area (Å²) in [6.45, 7) is 7.05. The van der Waals surface area contributed by atoms with Gasteiger partial charge in [0.1, 0.15) is 11.6 Å². The van der Waals surface area contributed by atoms with Crippen LogP contribution in [0.2, 0.25) is 0 Å². The average Bonchev–Trinajstić information content (AvgIpc) is 2.95. The van der Waals surface area contributed by atoms with E-state index in [4.69, 9.17) is 4.74 Å². The third-order valence-corrected chi connectivity index (χ3v) is 6.68. The number of ether oxygens (including phenoxy) is 1. The molecule has 1 amide bonds. The Morgan fingerprint density at radius 2 is 1.76 bits per heavy atom. The Kier molecular flexibility index (Phi) is 9.91. The first-order valence-electron chi connectivity index (χ1n) is 13.3. The van der Waals surface area contributed by atoms with E-state index in [0.717, 1.165) is 63.5 Å². The number of hydrogen-bond acceptors (Lipinski definition) is 6. The van der Waals surface area contributed by atoms with Gasteiger partial charge in [-0.1, -0.05) is 55.8 Å². The molecule has 0 bridgehead atoms. The number of amides is 1. The molecule has 1 unspecified atom stereocenters. The highest BCUT2D eigenvalue weighted by Crippen LogP contribution is 2.21. The van der Waals surface area contributed by atoms with Gasteiger partial charge in [0.15, 0.2) is 0 Å². The summed E-state index contributed by atoms with van der Waals surface area (Å²) >= 11 is 0. The van der Waals surface area contributed by atoms with Crippen LogP contribution < -0.4 is 15.0 Å². The van der Waals surface area contributed by atoms with Gasteiger partial charge < -0.3 is 20.1 Å². The number of benzene rings is 2. The Morgan fingerprint density at radius 1 is 1.00 bits per heavy atom. The van der Waals surface area contributed by atoms with E-state index in [1.807, 2.05) is 36.4 Å². The number of pyridine rings is 1. The molecule has 0 radical (unpaired) electrons. The van der Waals surface area contributed by atoms with E-state index in [2.05, 4.69) is 51.3 Å². The lowest BCUT2D eigenvalue weighted by Crippen LogP contribution is -2.47. The van der Waals surface area contributed by atoms with Gasteiger partial charge in [-0.25, -0.2) is 4.98 Å². The summed E-state index contributed by atoms with van der Waals surface area (Å²) in [5, 5.41) is 12.9. The van der Waals surface area contributed by atoms with E-state index in [-0.39, 0.29) is 18.6 Å². The monoisotopic (exact) mass is 502 g/mol. The topological polar surface area (TPSA) is 77.9 Å². The predicted octanol–water partition coefficient (Wildman–Crippen LogP) is 3.92. The molecule has 2 heterocycles. The van der Waals surface area contributed by atoms with Crippen LogP contribution in [0.15, 0.2) is 72.9 Å². The van der Waals surface area contributed by atoms with E-state index < -0.39 is 0 Å². The van der Waals surface area contributed by atoms with Gasteiger partial charge in [0.2, 0.25) is 0 Å². The van der Waals surface area contributed by atoms with Gasteiger partial charge in [-0.15, -0.1) is 0 Å². The molecule has 196 valence electrons. The van der Waals surface area contributed by atoms with Crippen LogP contribution in [0, 0.1) is 0 Å². The smallest absolute Gasteiger partial charge is 0.255 e. The highest BCUT2D eigenvalue weighted by Gasteiger charge is 2.24. The quantitative estimate of drug-likeness (QED) is 0.366. The normalized spacial score (nSPS) is 14.8. The lowest BCUT2D eigenvalue weighted by atomic mass is 10.1. The van der Waals surface area contributed by atoms with Crippen LogP contribution in [0.4, 0.5) is 5.82 Å². The minimum atomic E-state index is -0.358. The molecule has 1 aliphatic heterocycles. The van der Waals surface area contributed by atoms with E-state index in [0.29, 0.717) is 17.8 Å². The standard InChI is InChI=1S/C30H38N4O3/c1-2-3-20-37-27-13-11-25(12-14-27)22-33-16-18-34(19-17-33)29-28(10-7-15-31-29)30(36)32-26(23-35)21-24-8-5-4-6-9-24/h4-15,26,35H,2-3,16-23H2,1H3,(H,32,36). The Hall–Kier alpha value is -3.42. The summed E-state index contributed by atoms with van der Waals surface area (Å²) in [4.78, 5) is 22.3. The van der Waals surface area contributed by atoms with Gasteiger partial charge >= 0.3 is 0 Å². The molecule has 1 fully saturated rings. The van der Waals surface area contributed by atoms with Crippen molar-refractivity contribution in [2.24, 2.45) is 0 Å². The molecule has 0 aliphatic carbocycles. The first-order valence-corrected chi connectivity index (χ1v) is 13.3. The maximum Gasteiger partial charge on any atom is 0.255 e. The summed E-state index contributed by atoms with van der Waals surface area (Å²) < 4.78 is 5.77. The molecular formula is C30H38N4O3. The summed E-state index contributed by atoms with van der Waals surface area (Å²) in [5.74, 6) is 1.42.